The maximum atomic E-state index is 11.0. The predicted octanol–water partition coefficient (Wildman–Crippen LogP) is 2.29. The van der Waals surface area contributed by atoms with Gasteiger partial charge in [-0.3, -0.25) is 4.21 Å². The number of rotatable bonds is 3. The fourth-order valence-electron chi connectivity index (χ4n) is 1.75. The monoisotopic (exact) mass is 262 g/mol. The molecule has 0 saturated heterocycles. The van der Waals surface area contributed by atoms with Gasteiger partial charge in [-0.1, -0.05) is 30.3 Å². The Morgan fingerprint density at radius 1 is 1.17 bits per heavy atom. The average Bonchev–Trinajstić information content (AvgIpc) is 2.38. The van der Waals surface area contributed by atoms with Crippen molar-refractivity contribution in [3.63, 3.8) is 0 Å². The van der Waals surface area contributed by atoms with Gasteiger partial charge >= 0.3 is 0 Å². The van der Waals surface area contributed by atoms with Crippen molar-refractivity contribution in [2.75, 3.05) is 11.4 Å². The lowest BCUT2D eigenvalue weighted by Gasteiger charge is -2.24. The lowest BCUT2D eigenvalue weighted by molar-refractivity contribution is 0.475. The van der Waals surface area contributed by atoms with Crippen LogP contribution in [0.15, 0.2) is 48.5 Å². The minimum atomic E-state index is -2.33. The highest BCUT2D eigenvalue weighted by Gasteiger charge is 2.09. The van der Waals surface area contributed by atoms with E-state index in [-0.39, 0.29) is 5.75 Å². The summed E-state index contributed by atoms with van der Waals surface area (Å²) >= 11 is -2.33. The number of aromatic hydroxyl groups is 1. The molecule has 2 rings (SSSR count). The summed E-state index contributed by atoms with van der Waals surface area (Å²) in [5, 5.41) is 9.48. The van der Waals surface area contributed by atoms with Crippen LogP contribution in [0.5, 0.6) is 5.75 Å². The molecule has 1 unspecified atom stereocenters. The van der Waals surface area contributed by atoms with Crippen molar-refractivity contribution in [1.82, 2.24) is 0 Å². The molecule has 0 radical (unpaired) electrons. The van der Waals surface area contributed by atoms with Gasteiger partial charge < -0.3 is 14.0 Å². The van der Waals surface area contributed by atoms with Crippen molar-refractivity contribution in [1.29, 1.82) is 0 Å². The van der Waals surface area contributed by atoms with E-state index in [0.29, 0.717) is 5.69 Å². The Balaban J connectivity index is 2.55. The van der Waals surface area contributed by atoms with Crippen LogP contribution in [-0.4, -0.2) is 20.9 Å². The van der Waals surface area contributed by atoms with Crippen LogP contribution in [0.4, 0.5) is 5.69 Å². The molecule has 0 amide bonds. The van der Waals surface area contributed by atoms with E-state index in [1.807, 2.05) is 18.2 Å². The highest BCUT2D eigenvalue weighted by atomic mass is 32.2. The lowest BCUT2D eigenvalue weighted by Crippen LogP contribution is -2.20. The lowest BCUT2D eigenvalue weighted by atomic mass is 10.0. The first kappa shape index (κ1) is 12.6. The highest BCUT2D eigenvalue weighted by Crippen LogP contribution is 2.32. The summed E-state index contributed by atoms with van der Waals surface area (Å²) in [6, 6.07) is 13.8. The largest absolute Gasteiger partial charge is 0.755 e. The number of phenolic OH excluding ortho intramolecular Hbond substituents is 1. The molecule has 0 aromatic heterocycles. The van der Waals surface area contributed by atoms with E-state index >= 15 is 0 Å². The number of para-hydroxylation sites is 1. The van der Waals surface area contributed by atoms with Crippen LogP contribution in [0, 0.1) is 0 Å². The Bertz CT molecular complexity index is 586. The maximum Gasteiger partial charge on any atom is 0.116 e. The van der Waals surface area contributed by atoms with Gasteiger partial charge in [0.25, 0.3) is 0 Å². The Labute approximate surface area is 108 Å². The van der Waals surface area contributed by atoms with E-state index in [4.69, 9.17) is 0 Å². The molecular formula is C13H12NO3S-. The molecule has 2 aromatic carbocycles. The molecule has 5 heteroatoms. The Hall–Kier alpha value is -1.85. The van der Waals surface area contributed by atoms with E-state index in [1.165, 1.54) is 7.05 Å². The minimum Gasteiger partial charge on any atom is -0.755 e. The van der Waals surface area contributed by atoms with Gasteiger partial charge in [-0.05, 0) is 23.8 Å². The van der Waals surface area contributed by atoms with E-state index < -0.39 is 11.3 Å². The Morgan fingerprint density at radius 3 is 2.56 bits per heavy atom. The molecule has 0 fully saturated rings. The molecular weight excluding hydrogens is 250 g/mol. The third-order valence-corrected chi connectivity index (χ3v) is 3.27. The van der Waals surface area contributed by atoms with Crippen molar-refractivity contribution in [2.45, 2.75) is 0 Å². The van der Waals surface area contributed by atoms with Crippen molar-refractivity contribution >= 4 is 17.0 Å². The van der Waals surface area contributed by atoms with E-state index in [0.717, 1.165) is 15.4 Å². The van der Waals surface area contributed by atoms with Crippen LogP contribution >= 0.6 is 0 Å². The first-order valence-corrected chi connectivity index (χ1v) is 6.34. The molecule has 18 heavy (non-hydrogen) atoms. The van der Waals surface area contributed by atoms with Crippen LogP contribution in [0.25, 0.3) is 11.1 Å². The third-order valence-electron chi connectivity index (χ3n) is 2.62. The second-order valence-electron chi connectivity index (χ2n) is 3.78. The minimum absolute atomic E-state index is 0.146. The van der Waals surface area contributed by atoms with Gasteiger partial charge in [-0.25, -0.2) is 0 Å². The van der Waals surface area contributed by atoms with Crippen molar-refractivity contribution in [3.05, 3.63) is 48.5 Å². The maximum absolute atomic E-state index is 11.0. The van der Waals surface area contributed by atoms with Gasteiger partial charge in [0.1, 0.15) is 5.75 Å². The van der Waals surface area contributed by atoms with Gasteiger partial charge in [0.15, 0.2) is 0 Å². The Kier molecular flexibility index (Phi) is 3.64. The summed E-state index contributed by atoms with van der Waals surface area (Å²) in [5.74, 6) is 0.146. The molecule has 0 saturated carbocycles. The van der Waals surface area contributed by atoms with Crippen molar-refractivity contribution < 1.29 is 13.9 Å². The number of hydrogen-bond donors (Lipinski definition) is 1. The molecule has 0 heterocycles. The number of benzene rings is 2. The average molecular weight is 262 g/mol. The van der Waals surface area contributed by atoms with E-state index in [9.17, 15) is 13.9 Å². The normalized spacial score (nSPS) is 12.1. The zero-order chi connectivity index (χ0) is 13.1. The fraction of sp³-hybridized carbons (Fsp3) is 0.0769. The first-order chi connectivity index (χ1) is 8.59. The standard InChI is InChI=1S/C13H13NO3S/c1-14(18(16)17)13-8-3-2-7-12(13)10-5-4-6-11(15)9-10/h2-9,15H,1H3,(H,16,17)/p-1. The fourth-order valence-corrected chi connectivity index (χ4v) is 2.07. The third kappa shape index (κ3) is 2.52. The first-order valence-electron chi connectivity index (χ1n) is 5.31. The number of hydrogen-bond acceptors (Lipinski definition) is 3. The summed E-state index contributed by atoms with van der Waals surface area (Å²) in [5.41, 5.74) is 2.08. The van der Waals surface area contributed by atoms with Crippen LogP contribution in [0.2, 0.25) is 0 Å². The topological polar surface area (TPSA) is 63.6 Å². The summed E-state index contributed by atoms with van der Waals surface area (Å²) in [6.45, 7) is 0. The summed E-state index contributed by atoms with van der Waals surface area (Å²) in [4.78, 5) is 0. The van der Waals surface area contributed by atoms with E-state index in [2.05, 4.69) is 0 Å². The van der Waals surface area contributed by atoms with E-state index in [1.54, 1.807) is 30.3 Å². The van der Waals surface area contributed by atoms with Crippen LogP contribution in [0.1, 0.15) is 0 Å². The molecule has 1 N–H and O–H groups in total. The molecule has 0 aliphatic carbocycles. The summed E-state index contributed by atoms with van der Waals surface area (Å²) in [6.07, 6.45) is 0. The molecule has 94 valence electrons. The smallest absolute Gasteiger partial charge is 0.116 e. The molecule has 0 aliphatic heterocycles. The molecule has 0 spiro atoms. The predicted molar refractivity (Wildman–Crippen MR) is 70.9 cm³/mol. The highest BCUT2D eigenvalue weighted by molar-refractivity contribution is 7.80. The van der Waals surface area contributed by atoms with Crippen LogP contribution < -0.4 is 4.31 Å². The van der Waals surface area contributed by atoms with Crippen LogP contribution in [0.3, 0.4) is 0 Å². The Morgan fingerprint density at radius 2 is 1.89 bits per heavy atom. The summed E-state index contributed by atoms with van der Waals surface area (Å²) < 4.78 is 23.2. The second kappa shape index (κ2) is 5.20. The molecule has 0 bridgehead atoms. The summed E-state index contributed by atoms with van der Waals surface area (Å²) in [7, 11) is 1.48. The number of anilines is 1. The van der Waals surface area contributed by atoms with Gasteiger partial charge in [0.05, 0.1) is 5.69 Å². The van der Waals surface area contributed by atoms with Crippen molar-refractivity contribution in [3.8, 4) is 16.9 Å². The molecule has 1 atom stereocenters. The van der Waals surface area contributed by atoms with Crippen molar-refractivity contribution in [2.24, 2.45) is 0 Å². The molecule has 4 nitrogen and oxygen atoms in total. The molecule has 0 aliphatic rings. The second-order valence-corrected chi connectivity index (χ2v) is 4.76. The molecule has 2 aromatic rings. The van der Waals surface area contributed by atoms with Gasteiger partial charge in [-0.15, -0.1) is 0 Å². The number of nitrogens with zero attached hydrogens (tertiary/aromatic N) is 1. The zero-order valence-corrected chi connectivity index (χ0v) is 10.6. The zero-order valence-electron chi connectivity index (χ0n) is 9.74. The van der Waals surface area contributed by atoms with Crippen LogP contribution in [-0.2, 0) is 11.3 Å². The van der Waals surface area contributed by atoms with Gasteiger partial charge in [0, 0.05) is 23.9 Å². The van der Waals surface area contributed by atoms with Gasteiger partial charge in [0.2, 0.25) is 0 Å². The quantitative estimate of drug-likeness (QED) is 0.863. The number of phenols is 1. The van der Waals surface area contributed by atoms with Gasteiger partial charge in [-0.2, -0.15) is 0 Å². The SMILES string of the molecule is CN(c1ccccc1-c1cccc(O)c1)S(=O)[O-].